The first kappa shape index (κ1) is 23.5. The molecule has 6 rings (SSSR count). The third-order valence-corrected chi connectivity index (χ3v) is 6.55. The van der Waals surface area contributed by atoms with E-state index in [1.807, 2.05) is 0 Å². The summed E-state index contributed by atoms with van der Waals surface area (Å²) in [4.78, 5) is 0. The lowest BCUT2D eigenvalue weighted by Gasteiger charge is -2.22. The molecule has 0 saturated heterocycles. The lowest BCUT2D eigenvalue weighted by molar-refractivity contribution is -2.00. The highest BCUT2D eigenvalue weighted by atomic mass is 35.7. The minimum absolute atomic E-state index is 0.887. The average Bonchev–Trinajstić information content (AvgIpc) is 2.86. The Hall–Kier alpha value is -3.26. The lowest BCUT2D eigenvalue weighted by Crippen LogP contribution is -2.68. The number of fused-ring (bicyclic) bond motifs is 6. The summed E-state index contributed by atoms with van der Waals surface area (Å²) in [5, 5.41) is 0. The van der Waals surface area contributed by atoms with Gasteiger partial charge < -0.3 is 4.74 Å². The molecule has 4 aromatic rings. The highest BCUT2D eigenvalue weighted by Crippen LogP contribution is 2.47. The van der Waals surface area contributed by atoms with Gasteiger partial charge in [0.05, 0.1) is 29.4 Å². The Morgan fingerprint density at radius 3 is 1.57 bits per heavy atom. The number of halogens is 1. The van der Waals surface area contributed by atoms with Crippen molar-refractivity contribution in [3.05, 3.63) is 95.1 Å². The first-order chi connectivity index (χ1) is 16.8. The van der Waals surface area contributed by atoms with E-state index in [2.05, 4.69) is 72.8 Å². The van der Waals surface area contributed by atoms with Crippen LogP contribution in [0.15, 0.2) is 77.2 Å². The first-order valence-electron chi connectivity index (χ1n) is 11.3. The summed E-state index contributed by atoms with van der Waals surface area (Å²) in [6.45, 7) is 0. The number of ether oxygens (including phenoxy) is 1. The summed E-state index contributed by atoms with van der Waals surface area (Å²) in [5.74, 6) is 2.97. The van der Waals surface area contributed by atoms with Crippen molar-refractivity contribution >= 4 is 0 Å². The highest BCUT2D eigenvalue weighted by Gasteiger charge is 2.37. The van der Waals surface area contributed by atoms with Gasteiger partial charge in [-0.2, -0.15) is 0 Å². The fourth-order valence-electron chi connectivity index (χ4n) is 5.09. The van der Waals surface area contributed by atoms with E-state index in [0.717, 1.165) is 43.0 Å². The van der Waals surface area contributed by atoms with Crippen molar-refractivity contribution in [2.75, 3.05) is 7.11 Å². The highest BCUT2D eigenvalue weighted by molar-refractivity contribution is 5.86. The summed E-state index contributed by atoms with van der Waals surface area (Å²) in [5.41, 5.74) is 10.5. The summed E-state index contributed by atoms with van der Waals surface area (Å²) in [7, 11) is -3.23. The zero-order valence-electron chi connectivity index (χ0n) is 19.1. The first-order valence-corrected chi connectivity index (χ1v) is 12.5. The standard InChI is InChI=1S/C28H23O2.ClHO4/c1-29-21-14-10-20(11-15-21)26-24-16-12-18-6-2-4-8-22(18)27(24)30-28-23-9-5-3-7-19(23)13-17-25(26)28;2-1(3,4)5/h2-11,14-15H,12-13,16-17H2,1H3;(H,2,3,4,5)/q+1;/p-1. The van der Waals surface area contributed by atoms with Gasteiger partial charge in [0.2, 0.25) is 0 Å². The largest absolute Gasteiger partial charge is 0.497 e. The van der Waals surface area contributed by atoms with Crippen LogP contribution in [0.1, 0.15) is 22.3 Å². The van der Waals surface area contributed by atoms with E-state index in [4.69, 9.17) is 27.8 Å². The van der Waals surface area contributed by atoms with Crippen LogP contribution in [0, 0.1) is 10.2 Å². The molecule has 7 heteroatoms. The third-order valence-electron chi connectivity index (χ3n) is 6.55. The van der Waals surface area contributed by atoms with Gasteiger partial charge in [-0.1, -0.05) is 48.5 Å². The molecule has 1 heterocycles. The molecule has 0 radical (unpaired) electrons. The van der Waals surface area contributed by atoms with Crippen LogP contribution in [-0.2, 0) is 25.7 Å². The van der Waals surface area contributed by atoms with E-state index in [1.54, 1.807) is 7.11 Å². The van der Waals surface area contributed by atoms with Gasteiger partial charge in [-0.05, 0) is 66.6 Å². The Labute approximate surface area is 205 Å². The molecule has 0 spiro atoms. The Kier molecular flexibility index (Phi) is 6.32. The molecule has 178 valence electrons. The van der Waals surface area contributed by atoms with Gasteiger partial charge in [0.15, 0.2) is 0 Å². The number of rotatable bonds is 2. The summed E-state index contributed by atoms with van der Waals surface area (Å²) in [6.07, 6.45) is 4.12. The van der Waals surface area contributed by atoms with E-state index < -0.39 is 10.2 Å². The fourth-order valence-corrected chi connectivity index (χ4v) is 5.09. The van der Waals surface area contributed by atoms with Gasteiger partial charge in [0.25, 0.3) is 0 Å². The summed E-state index contributed by atoms with van der Waals surface area (Å²) >= 11 is 0. The second kappa shape index (κ2) is 9.41. The van der Waals surface area contributed by atoms with Gasteiger partial charge in [0.1, 0.15) is 5.75 Å². The monoisotopic (exact) mass is 490 g/mol. The lowest BCUT2D eigenvalue weighted by atomic mass is 9.79. The predicted octanol–water partition coefficient (Wildman–Crippen LogP) is 2.01. The number of hydrogen-bond donors (Lipinski definition) is 0. The van der Waals surface area contributed by atoms with Crippen LogP contribution in [-0.4, -0.2) is 7.11 Å². The number of hydrogen-bond acceptors (Lipinski definition) is 5. The molecule has 2 aliphatic carbocycles. The van der Waals surface area contributed by atoms with E-state index in [1.165, 1.54) is 44.5 Å². The Morgan fingerprint density at radius 2 is 1.11 bits per heavy atom. The van der Waals surface area contributed by atoms with Gasteiger partial charge in [0, 0.05) is 5.56 Å². The molecule has 0 bridgehead atoms. The van der Waals surface area contributed by atoms with Crippen molar-refractivity contribution in [3.63, 3.8) is 0 Å². The molecule has 1 aromatic heterocycles. The molecule has 0 fully saturated rings. The Morgan fingerprint density at radius 1 is 0.657 bits per heavy atom. The van der Waals surface area contributed by atoms with Crippen molar-refractivity contribution in [1.29, 1.82) is 0 Å². The molecule has 0 amide bonds. The topological polar surface area (TPSA) is 113 Å². The number of benzene rings is 3. The van der Waals surface area contributed by atoms with Gasteiger partial charge in [-0.3, -0.25) is 0 Å². The van der Waals surface area contributed by atoms with E-state index >= 15 is 0 Å². The molecule has 6 nitrogen and oxygen atoms in total. The predicted molar refractivity (Wildman–Crippen MR) is 121 cm³/mol. The van der Waals surface area contributed by atoms with Gasteiger partial charge in [-0.15, -0.1) is 10.2 Å². The minimum Gasteiger partial charge on any atom is -0.497 e. The van der Waals surface area contributed by atoms with Crippen LogP contribution in [0.4, 0.5) is 0 Å². The van der Waals surface area contributed by atoms with E-state index in [0.29, 0.717) is 0 Å². The fraction of sp³-hybridized carbons (Fsp3) is 0.179. The van der Waals surface area contributed by atoms with Crippen LogP contribution < -0.4 is 23.4 Å². The van der Waals surface area contributed by atoms with E-state index in [9.17, 15) is 0 Å². The smallest absolute Gasteiger partial charge is 0.364 e. The van der Waals surface area contributed by atoms with Crippen LogP contribution >= 0.6 is 0 Å². The molecule has 35 heavy (non-hydrogen) atoms. The molecule has 0 aliphatic heterocycles. The average molecular weight is 491 g/mol. The molecule has 2 aliphatic rings. The Balaban J connectivity index is 0.000000464. The van der Waals surface area contributed by atoms with Crippen LogP contribution in [0.2, 0.25) is 0 Å². The van der Waals surface area contributed by atoms with Crippen molar-refractivity contribution in [2.24, 2.45) is 0 Å². The van der Waals surface area contributed by atoms with E-state index in [-0.39, 0.29) is 0 Å². The van der Waals surface area contributed by atoms with Crippen molar-refractivity contribution in [2.45, 2.75) is 25.7 Å². The molecule has 0 atom stereocenters. The molecular weight excluding hydrogens is 468 g/mol. The quantitative estimate of drug-likeness (QED) is 0.397. The van der Waals surface area contributed by atoms with Crippen molar-refractivity contribution < 1.29 is 38.0 Å². The maximum absolute atomic E-state index is 8.49. The SMILES string of the molecule is COc1ccc(-c2c3c([o+]c4c2CCc2ccccc2-4)-c2ccccc2CC3)cc1.[O-][Cl+3]([O-])([O-])[O-]. The number of aryl methyl sites for hydroxylation is 2. The van der Waals surface area contributed by atoms with Crippen molar-refractivity contribution in [3.8, 4) is 39.5 Å². The molecule has 3 aromatic carbocycles. The zero-order valence-corrected chi connectivity index (χ0v) is 19.8. The summed E-state index contributed by atoms with van der Waals surface area (Å²) in [6, 6.07) is 25.9. The van der Waals surface area contributed by atoms with Gasteiger partial charge in [-0.25, -0.2) is 23.1 Å². The second-order valence-corrected chi connectivity index (χ2v) is 9.27. The molecule has 0 unspecified atom stereocenters. The normalized spacial score (nSPS) is 13.4. The van der Waals surface area contributed by atoms with Crippen LogP contribution in [0.3, 0.4) is 0 Å². The number of methoxy groups -OCH3 is 1. The van der Waals surface area contributed by atoms with Crippen LogP contribution in [0.5, 0.6) is 5.75 Å². The minimum atomic E-state index is -4.94. The van der Waals surface area contributed by atoms with Crippen LogP contribution in [0.25, 0.3) is 33.8 Å². The third kappa shape index (κ3) is 4.80. The maximum Gasteiger partial charge on any atom is 0.364 e. The Bertz CT molecular complexity index is 1300. The summed E-state index contributed by atoms with van der Waals surface area (Å²) < 4.78 is 46.1. The molecule has 0 saturated carbocycles. The van der Waals surface area contributed by atoms with Gasteiger partial charge >= 0.3 is 11.5 Å². The zero-order chi connectivity index (χ0) is 24.6. The molecule has 0 N–H and O–H groups in total. The maximum atomic E-state index is 8.49. The molecular formula is C28H23ClO6. The second-order valence-electron chi connectivity index (χ2n) is 8.51. The van der Waals surface area contributed by atoms with Crippen molar-refractivity contribution in [1.82, 2.24) is 0 Å².